The summed E-state index contributed by atoms with van der Waals surface area (Å²) >= 11 is 0. The van der Waals surface area contributed by atoms with E-state index >= 15 is 0 Å². The van der Waals surface area contributed by atoms with Crippen molar-refractivity contribution in [3.63, 3.8) is 0 Å². The molecule has 3 heterocycles. The number of fused-ring (bicyclic) bond motifs is 3. The van der Waals surface area contributed by atoms with Crippen LogP contribution in [-0.4, -0.2) is 19.5 Å². The SMILES string of the molecule is c1ccc(-n2c3ccccc3c3ccc(-c4cccc(Oc5cnccn5)c4)cc32)nc1. The molecule has 3 aromatic heterocycles. The first-order chi connectivity index (χ1) is 15.9. The van der Waals surface area contributed by atoms with E-state index in [4.69, 9.17) is 4.74 Å². The Hall–Kier alpha value is -4.51. The van der Waals surface area contributed by atoms with Gasteiger partial charge in [-0.05, 0) is 47.5 Å². The van der Waals surface area contributed by atoms with Crippen molar-refractivity contribution in [2.24, 2.45) is 0 Å². The molecule has 0 aliphatic rings. The molecule has 0 aliphatic heterocycles. The van der Waals surface area contributed by atoms with Gasteiger partial charge < -0.3 is 4.74 Å². The molecule has 0 saturated carbocycles. The van der Waals surface area contributed by atoms with E-state index in [2.05, 4.69) is 68.0 Å². The van der Waals surface area contributed by atoms with E-state index in [1.54, 1.807) is 18.6 Å². The van der Waals surface area contributed by atoms with Gasteiger partial charge in [-0.3, -0.25) is 9.55 Å². The number of hydrogen-bond donors (Lipinski definition) is 0. The van der Waals surface area contributed by atoms with Gasteiger partial charge in [-0.15, -0.1) is 0 Å². The van der Waals surface area contributed by atoms with Gasteiger partial charge in [-0.25, -0.2) is 9.97 Å². The van der Waals surface area contributed by atoms with Crippen molar-refractivity contribution in [2.45, 2.75) is 0 Å². The molecule has 32 heavy (non-hydrogen) atoms. The van der Waals surface area contributed by atoms with E-state index in [1.165, 1.54) is 10.8 Å². The summed E-state index contributed by atoms with van der Waals surface area (Å²) in [6, 6.07) is 29.0. The van der Waals surface area contributed by atoms with Crippen LogP contribution in [0.15, 0.2) is 110 Å². The molecule has 0 bridgehead atoms. The molecule has 3 aromatic carbocycles. The molecule has 0 radical (unpaired) electrons. The molecule has 0 fully saturated rings. The van der Waals surface area contributed by atoms with Crippen LogP contribution >= 0.6 is 0 Å². The zero-order chi connectivity index (χ0) is 21.3. The fourth-order valence-electron chi connectivity index (χ4n) is 4.08. The molecule has 0 spiro atoms. The van der Waals surface area contributed by atoms with Gasteiger partial charge in [0.1, 0.15) is 11.6 Å². The third kappa shape index (κ3) is 3.17. The van der Waals surface area contributed by atoms with Gasteiger partial charge in [-0.1, -0.05) is 48.5 Å². The first-order valence-electron chi connectivity index (χ1n) is 10.4. The second-order valence-electron chi connectivity index (χ2n) is 7.45. The molecule has 0 amide bonds. The van der Waals surface area contributed by atoms with E-state index in [-0.39, 0.29) is 0 Å². The van der Waals surface area contributed by atoms with Crippen molar-refractivity contribution in [2.75, 3.05) is 0 Å². The van der Waals surface area contributed by atoms with Crippen molar-refractivity contribution >= 4 is 21.8 Å². The maximum absolute atomic E-state index is 5.88. The van der Waals surface area contributed by atoms with Crippen LogP contribution in [0, 0.1) is 0 Å². The second kappa shape index (κ2) is 7.63. The maximum atomic E-state index is 5.88. The summed E-state index contributed by atoms with van der Waals surface area (Å²) in [5.41, 5.74) is 4.41. The van der Waals surface area contributed by atoms with Gasteiger partial charge in [0.15, 0.2) is 0 Å². The molecule has 0 N–H and O–H groups in total. The van der Waals surface area contributed by atoms with Gasteiger partial charge in [0.2, 0.25) is 5.88 Å². The first kappa shape index (κ1) is 18.3. The molecule has 6 rings (SSSR count). The lowest BCUT2D eigenvalue weighted by atomic mass is 10.0. The Morgan fingerprint density at radius 2 is 1.50 bits per heavy atom. The predicted molar refractivity (Wildman–Crippen MR) is 126 cm³/mol. The number of para-hydroxylation sites is 1. The Morgan fingerprint density at radius 3 is 2.38 bits per heavy atom. The van der Waals surface area contributed by atoms with Crippen molar-refractivity contribution in [1.29, 1.82) is 0 Å². The number of hydrogen-bond acceptors (Lipinski definition) is 4. The lowest BCUT2D eigenvalue weighted by molar-refractivity contribution is 0.460. The lowest BCUT2D eigenvalue weighted by Crippen LogP contribution is -1.96. The van der Waals surface area contributed by atoms with E-state index in [9.17, 15) is 0 Å². The summed E-state index contributed by atoms with van der Waals surface area (Å²) in [6.45, 7) is 0. The van der Waals surface area contributed by atoms with Gasteiger partial charge in [0.25, 0.3) is 0 Å². The van der Waals surface area contributed by atoms with E-state index in [0.29, 0.717) is 11.6 Å². The molecule has 0 unspecified atom stereocenters. The van der Waals surface area contributed by atoms with Crippen LogP contribution in [0.1, 0.15) is 0 Å². The molecule has 5 heteroatoms. The van der Waals surface area contributed by atoms with E-state index < -0.39 is 0 Å². The molecular formula is C27H18N4O. The highest BCUT2D eigenvalue weighted by Gasteiger charge is 2.13. The van der Waals surface area contributed by atoms with Crippen molar-refractivity contribution in [3.05, 3.63) is 110 Å². The Morgan fingerprint density at radius 1 is 0.625 bits per heavy atom. The monoisotopic (exact) mass is 414 g/mol. The summed E-state index contributed by atoms with van der Waals surface area (Å²) in [4.78, 5) is 12.9. The Balaban J connectivity index is 1.50. The summed E-state index contributed by atoms with van der Waals surface area (Å²) in [5, 5.41) is 2.40. The van der Waals surface area contributed by atoms with Crippen molar-refractivity contribution in [3.8, 4) is 28.6 Å². The normalized spacial score (nSPS) is 11.1. The second-order valence-corrected chi connectivity index (χ2v) is 7.45. The Labute approximate surface area is 184 Å². The van der Waals surface area contributed by atoms with E-state index in [1.807, 2.05) is 42.6 Å². The summed E-state index contributed by atoms with van der Waals surface area (Å²) in [5.74, 6) is 2.08. The smallest absolute Gasteiger partial charge is 0.237 e. The first-order valence-corrected chi connectivity index (χ1v) is 10.4. The summed E-state index contributed by atoms with van der Waals surface area (Å²) < 4.78 is 8.10. The third-order valence-electron chi connectivity index (χ3n) is 5.48. The quantitative estimate of drug-likeness (QED) is 0.334. The Bertz CT molecular complexity index is 1540. The number of pyridine rings is 1. The van der Waals surface area contributed by atoms with Crippen molar-refractivity contribution < 1.29 is 4.74 Å². The van der Waals surface area contributed by atoms with Crippen LogP contribution in [0.4, 0.5) is 0 Å². The molecule has 0 atom stereocenters. The largest absolute Gasteiger partial charge is 0.437 e. The molecule has 152 valence electrons. The highest BCUT2D eigenvalue weighted by Crippen LogP contribution is 2.35. The summed E-state index contributed by atoms with van der Waals surface area (Å²) in [7, 11) is 0. The minimum atomic E-state index is 0.468. The maximum Gasteiger partial charge on any atom is 0.237 e. The number of benzene rings is 3. The zero-order valence-electron chi connectivity index (χ0n) is 17.1. The Kier molecular flexibility index (Phi) is 4.36. The van der Waals surface area contributed by atoms with E-state index in [0.717, 1.165) is 28.0 Å². The van der Waals surface area contributed by atoms with Gasteiger partial charge in [0.05, 0.1) is 17.2 Å². The van der Waals surface area contributed by atoms with Gasteiger partial charge in [-0.2, -0.15) is 0 Å². The highest BCUT2D eigenvalue weighted by molar-refractivity contribution is 6.10. The molecule has 5 nitrogen and oxygen atoms in total. The van der Waals surface area contributed by atoms with Crippen LogP contribution in [0.3, 0.4) is 0 Å². The van der Waals surface area contributed by atoms with Gasteiger partial charge >= 0.3 is 0 Å². The summed E-state index contributed by atoms with van der Waals surface area (Å²) in [6.07, 6.45) is 6.67. The topological polar surface area (TPSA) is 52.8 Å². The number of nitrogens with zero attached hydrogens (tertiary/aromatic N) is 4. The molecule has 0 saturated heterocycles. The zero-order valence-corrected chi connectivity index (χ0v) is 17.1. The number of rotatable bonds is 4. The standard InChI is InChI=1S/C27H18N4O/c1-2-9-24-22(8-1)23-12-11-20(17-25(23)31(24)26-10-3-4-13-29-26)19-6-5-7-21(16-19)32-27-18-28-14-15-30-27/h1-18H. The third-order valence-corrected chi connectivity index (χ3v) is 5.48. The average Bonchev–Trinajstić information content (AvgIpc) is 3.19. The van der Waals surface area contributed by atoms with Crippen LogP contribution in [-0.2, 0) is 0 Å². The predicted octanol–water partition coefficient (Wildman–Crippen LogP) is 6.43. The van der Waals surface area contributed by atoms with Crippen LogP contribution in [0.2, 0.25) is 0 Å². The lowest BCUT2D eigenvalue weighted by Gasteiger charge is -2.09. The fraction of sp³-hybridized carbons (Fsp3) is 0. The van der Waals surface area contributed by atoms with Gasteiger partial charge in [0, 0.05) is 29.4 Å². The highest BCUT2D eigenvalue weighted by atomic mass is 16.5. The minimum absolute atomic E-state index is 0.468. The molecular weight excluding hydrogens is 396 g/mol. The number of aromatic nitrogens is 4. The van der Waals surface area contributed by atoms with Crippen LogP contribution in [0.25, 0.3) is 38.8 Å². The van der Waals surface area contributed by atoms with Crippen molar-refractivity contribution in [1.82, 2.24) is 19.5 Å². The average molecular weight is 414 g/mol. The minimum Gasteiger partial charge on any atom is -0.437 e. The number of ether oxygens (including phenoxy) is 1. The van der Waals surface area contributed by atoms with Crippen LogP contribution in [0.5, 0.6) is 11.6 Å². The van der Waals surface area contributed by atoms with Crippen LogP contribution < -0.4 is 4.74 Å². The molecule has 6 aromatic rings. The molecule has 0 aliphatic carbocycles. The fourth-order valence-corrected chi connectivity index (χ4v) is 4.08.